The normalized spacial score (nSPS) is 11.2. The van der Waals surface area contributed by atoms with E-state index in [1.54, 1.807) is 20.8 Å². The molecule has 0 atom stereocenters. The van der Waals surface area contributed by atoms with Gasteiger partial charge in [-0.2, -0.15) is 0 Å². The minimum Gasteiger partial charge on any atom is -0.491 e. The Balaban J connectivity index is 2.40. The number of hydrogen-bond acceptors (Lipinski definition) is 3. The summed E-state index contributed by atoms with van der Waals surface area (Å²) >= 11 is 5.77. The molecule has 0 aliphatic carbocycles. The summed E-state index contributed by atoms with van der Waals surface area (Å²) in [5.41, 5.74) is -0.509. The standard InChI is InChI=1S/C13H16ClFO3/c1-13(2,3)18-12(16)6-7-17-11-5-4-9(15)8-10(11)14/h4-5,8H,6-7H2,1-3H3. The van der Waals surface area contributed by atoms with Crippen molar-refractivity contribution in [2.45, 2.75) is 32.8 Å². The van der Waals surface area contributed by atoms with Crippen LogP contribution in [0.25, 0.3) is 0 Å². The summed E-state index contributed by atoms with van der Waals surface area (Å²) in [4.78, 5) is 11.4. The average molecular weight is 275 g/mol. The molecule has 3 nitrogen and oxygen atoms in total. The zero-order valence-corrected chi connectivity index (χ0v) is 11.4. The molecule has 0 amide bonds. The lowest BCUT2D eigenvalue weighted by atomic mass is 10.2. The maximum absolute atomic E-state index is 12.8. The van der Waals surface area contributed by atoms with E-state index >= 15 is 0 Å². The van der Waals surface area contributed by atoms with Crippen molar-refractivity contribution in [1.82, 2.24) is 0 Å². The van der Waals surface area contributed by atoms with Gasteiger partial charge in [0.1, 0.15) is 17.2 Å². The first-order valence-electron chi connectivity index (χ1n) is 5.57. The molecule has 0 N–H and O–H groups in total. The number of rotatable bonds is 4. The molecule has 1 rings (SSSR count). The van der Waals surface area contributed by atoms with Crippen LogP contribution in [0.2, 0.25) is 5.02 Å². The summed E-state index contributed by atoms with van der Waals surface area (Å²) in [6.45, 7) is 5.52. The largest absolute Gasteiger partial charge is 0.491 e. The molecule has 0 aromatic heterocycles. The predicted molar refractivity (Wildman–Crippen MR) is 67.4 cm³/mol. The van der Waals surface area contributed by atoms with Crippen LogP contribution in [-0.4, -0.2) is 18.2 Å². The quantitative estimate of drug-likeness (QED) is 0.787. The molecule has 0 fully saturated rings. The zero-order valence-electron chi connectivity index (χ0n) is 10.6. The van der Waals surface area contributed by atoms with Gasteiger partial charge in [-0.3, -0.25) is 4.79 Å². The molecule has 0 saturated carbocycles. The zero-order chi connectivity index (χ0) is 13.8. The van der Waals surface area contributed by atoms with E-state index in [2.05, 4.69) is 0 Å². The third-order valence-electron chi connectivity index (χ3n) is 1.88. The Morgan fingerprint density at radius 1 is 1.39 bits per heavy atom. The molecule has 0 radical (unpaired) electrons. The van der Waals surface area contributed by atoms with E-state index in [4.69, 9.17) is 21.1 Å². The lowest BCUT2D eigenvalue weighted by Crippen LogP contribution is -2.24. The number of ether oxygens (including phenoxy) is 2. The van der Waals surface area contributed by atoms with Crippen molar-refractivity contribution in [2.24, 2.45) is 0 Å². The van der Waals surface area contributed by atoms with Crippen molar-refractivity contribution in [2.75, 3.05) is 6.61 Å². The molecule has 100 valence electrons. The molecule has 18 heavy (non-hydrogen) atoms. The van der Waals surface area contributed by atoms with E-state index in [0.717, 1.165) is 6.07 Å². The first kappa shape index (κ1) is 14.8. The van der Waals surface area contributed by atoms with E-state index in [-0.39, 0.29) is 24.0 Å². The van der Waals surface area contributed by atoms with Gasteiger partial charge in [0, 0.05) is 0 Å². The number of carbonyl (C=O) groups is 1. The van der Waals surface area contributed by atoms with Crippen molar-refractivity contribution in [3.8, 4) is 5.75 Å². The van der Waals surface area contributed by atoms with Gasteiger partial charge in [-0.05, 0) is 39.0 Å². The van der Waals surface area contributed by atoms with E-state index < -0.39 is 11.4 Å². The van der Waals surface area contributed by atoms with Gasteiger partial charge in [0.25, 0.3) is 0 Å². The van der Waals surface area contributed by atoms with Gasteiger partial charge < -0.3 is 9.47 Å². The summed E-state index contributed by atoms with van der Waals surface area (Å²) in [7, 11) is 0. The van der Waals surface area contributed by atoms with Crippen molar-refractivity contribution in [1.29, 1.82) is 0 Å². The second-order valence-electron chi connectivity index (χ2n) is 4.76. The Hall–Kier alpha value is -1.29. The molecular weight excluding hydrogens is 259 g/mol. The fourth-order valence-electron chi connectivity index (χ4n) is 1.23. The number of hydrogen-bond donors (Lipinski definition) is 0. The summed E-state index contributed by atoms with van der Waals surface area (Å²) in [5, 5.41) is 0.180. The van der Waals surface area contributed by atoms with Crippen molar-refractivity contribution in [3.63, 3.8) is 0 Å². The van der Waals surface area contributed by atoms with E-state index in [1.165, 1.54) is 12.1 Å². The summed E-state index contributed by atoms with van der Waals surface area (Å²) in [5.74, 6) is -0.429. The average Bonchev–Trinajstić information content (AvgIpc) is 2.18. The highest BCUT2D eigenvalue weighted by atomic mass is 35.5. The second kappa shape index (κ2) is 6.05. The molecule has 5 heteroatoms. The lowest BCUT2D eigenvalue weighted by Gasteiger charge is -2.19. The number of halogens is 2. The van der Waals surface area contributed by atoms with Crippen LogP contribution in [0.5, 0.6) is 5.75 Å². The minimum atomic E-state index is -0.509. The van der Waals surface area contributed by atoms with Crippen LogP contribution in [0.1, 0.15) is 27.2 Å². The van der Waals surface area contributed by atoms with Crippen molar-refractivity contribution in [3.05, 3.63) is 29.0 Å². The van der Waals surface area contributed by atoms with Crippen LogP contribution >= 0.6 is 11.6 Å². The first-order chi connectivity index (χ1) is 8.28. The molecule has 0 spiro atoms. The minimum absolute atomic E-state index is 0.116. The van der Waals surface area contributed by atoms with Crippen LogP contribution in [0.3, 0.4) is 0 Å². The van der Waals surface area contributed by atoms with Crippen molar-refractivity contribution >= 4 is 17.6 Å². The topological polar surface area (TPSA) is 35.5 Å². The van der Waals surface area contributed by atoms with Crippen LogP contribution in [0, 0.1) is 5.82 Å². The fraction of sp³-hybridized carbons (Fsp3) is 0.462. The lowest BCUT2D eigenvalue weighted by molar-refractivity contribution is -0.155. The summed E-state index contributed by atoms with van der Waals surface area (Å²) in [6.07, 6.45) is 0.116. The Labute approximate surface area is 111 Å². The van der Waals surface area contributed by atoms with Crippen LogP contribution in [0.4, 0.5) is 4.39 Å². The van der Waals surface area contributed by atoms with Crippen LogP contribution in [-0.2, 0) is 9.53 Å². The fourth-order valence-corrected chi connectivity index (χ4v) is 1.45. The monoisotopic (exact) mass is 274 g/mol. The molecule has 0 aliphatic rings. The Kier molecular flexibility index (Phi) is 4.96. The van der Waals surface area contributed by atoms with Gasteiger partial charge in [-0.25, -0.2) is 4.39 Å². The molecular formula is C13H16ClFO3. The number of benzene rings is 1. The highest BCUT2D eigenvalue weighted by Gasteiger charge is 2.16. The molecule has 0 saturated heterocycles. The van der Waals surface area contributed by atoms with Gasteiger partial charge in [-0.1, -0.05) is 11.6 Å². The van der Waals surface area contributed by atoms with Gasteiger partial charge in [0.15, 0.2) is 0 Å². The Bertz CT molecular complexity index is 427. The summed E-state index contributed by atoms with van der Waals surface area (Å²) in [6, 6.07) is 3.83. The molecule has 0 unspecified atom stereocenters. The second-order valence-corrected chi connectivity index (χ2v) is 5.17. The maximum atomic E-state index is 12.8. The Morgan fingerprint density at radius 2 is 2.06 bits per heavy atom. The van der Waals surface area contributed by atoms with E-state index in [0.29, 0.717) is 5.75 Å². The highest BCUT2D eigenvalue weighted by molar-refractivity contribution is 6.32. The molecule has 0 heterocycles. The van der Waals surface area contributed by atoms with Crippen LogP contribution in [0.15, 0.2) is 18.2 Å². The SMILES string of the molecule is CC(C)(C)OC(=O)CCOc1ccc(F)cc1Cl. The Morgan fingerprint density at radius 3 is 2.61 bits per heavy atom. The van der Waals surface area contributed by atoms with E-state index in [9.17, 15) is 9.18 Å². The first-order valence-corrected chi connectivity index (χ1v) is 5.95. The number of esters is 1. The third-order valence-corrected chi connectivity index (χ3v) is 2.17. The molecule has 1 aromatic carbocycles. The number of carbonyl (C=O) groups excluding carboxylic acids is 1. The van der Waals surface area contributed by atoms with Crippen molar-refractivity contribution < 1.29 is 18.7 Å². The third kappa shape index (κ3) is 5.36. The summed E-state index contributed by atoms with van der Waals surface area (Å²) < 4.78 is 23.2. The van der Waals surface area contributed by atoms with Gasteiger partial charge >= 0.3 is 5.97 Å². The smallest absolute Gasteiger partial charge is 0.309 e. The molecule has 1 aromatic rings. The van der Waals surface area contributed by atoms with Gasteiger partial charge in [0.2, 0.25) is 0 Å². The highest BCUT2D eigenvalue weighted by Crippen LogP contribution is 2.24. The molecule has 0 bridgehead atoms. The van der Waals surface area contributed by atoms with Gasteiger partial charge in [-0.15, -0.1) is 0 Å². The van der Waals surface area contributed by atoms with Crippen LogP contribution < -0.4 is 4.74 Å². The van der Waals surface area contributed by atoms with E-state index in [1.807, 2.05) is 0 Å². The van der Waals surface area contributed by atoms with Gasteiger partial charge in [0.05, 0.1) is 18.1 Å². The predicted octanol–water partition coefficient (Wildman–Crippen LogP) is 3.59. The maximum Gasteiger partial charge on any atom is 0.309 e. The molecule has 0 aliphatic heterocycles.